The Kier molecular flexibility index (Phi) is 18.7. The number of carbonyl (C=O) groups is 5. The smallest absolute Gasteiger partial charge is 0.303 e. The van der Waals surface area contributed by atoms with Crippen LogP contribution in [0, 0.1) is 0 Å². The maximum atomic E-state index is 14.5. The highest BCUT2D eigenvalue weighted by molar-refractivity contribution is 7.85. The van der Waals surface area contributed by atoms with Gasteiger partial charge in [-0.25, -0.2) is 13.0 Å². The van der Waals surface area contributed by atoms with E-state index in [2.05, 4.69) is 84.2 Å². The average Bonchev–Trinajstić information content (AvgIpc) is 3.29. The third-order valence-corrected chi connectivity index (χ3v) is 13.0. The van der Waals surface area contributed by atoms with Crippen LogP contribution in [-0.2, 0) is 29.3 Å². The maximum Gasteiger partial charge on any atom is 0.303 e. The standard InChI is InChI=1S/C48H65N7O10S/c1-6-52(7-2)34-18-20-38-41(31-34)65-42-32-35(53(8-3)9-4)19-21-39(42)46(38)36-15-12-13-16-37(36)48(61)55-29-27-54(28-30-55)44(57)23-22-43(56)50-40(33-66(62,63)64)47(60)49-24-26-51(5)25-14-10-11-17-45(58)59/h12-13,15-16,18-21,31-32,40H,6-11,14,17,22-30,33H2,1-5H3,(H3-,49,50,56,58,59,60,62,63,64)/p+1. The van der Waals surface area contributed by atoms with Gasteiger partial charge < -0.3 is 44.3 Å². The second kappa shape index (κ2) is 24.1. The molecule has 17 nitrogen and oxygen atoms in total. The highest BCUT2D eigenvalue weighted by Crippen LogP contribution is 2.42. The fourth-order valence-electron chi connectivity index (χ4n) is 8.50. The fourth-order valence-corrected chi connectivity index (χ4v) is 9.15. The van der Waals surface area contributed by atoms with Gasteiger partial charge in [0.2, 0.25) is 23.1 Å². The summed E-state index contributed by atoms with van der Waals surface area (Å²) < 4.78 is 43.8. The molecule has 1 fully saturated rings. The molecular formula is C48H66N7O10S+. The molecule has 3 aliphatic rings. The van der Waals surface area contributed by atoms with Crippen LogP contribution in [0.4, 0.5) is 5.69 Å². The first-order valence-electron chi connectivity index (χ1n) is 23.1. The van der Waals surface area contributed by atoms with E-state index < -0.39 is 39.7 Å². The van der Waals surface area contributed by atoms with Gasteiger partial charge in [0.15, 0.2) is 0 Å². The fraction of sp³-hybridized carbons (Fsp3) is 0.500. The molecule has 0 spiro atoms. The lowest BCUT2D eigenvalue weighted by Gasteiger charge is -2.35. The molecule has 0 saturated carbocycles. The summed E-state index contributed by atoms with van der Waals surface area (Å²) in [6.07, 6.45) is 1.65. The van der Waals surface area contributed by atoms with Crippen molar-refractivity contribution >= 4 is 56.4 Å². The Labute approximate surface area is 387 Å². The number of amides is 4. The number of unbranched alkanes of at least 4 members (excludes halogenated alkanes) is 2. The Morgan fingerprint density at radius 3 is 2.21 bits per heavy atom. The van der Waals surface area contributed by atoms with Gasteiger partial charge in [-0.05, 0) is 76.8 Å². The molecule has 1 saturated heterocycles. The zero-order chi connectivity index (χ0) is 48.0. The molecule has 2 heterocycles. The number of anilines is 1. The Morgan fingerprint density at radius 1 is 0.848 bits per heavy atom. The molecule has 4 N–H and O–H groups in total. The molecule has 0 radical (unpaired) electrons. The molecule has 2 aromatic rings. The molecule has 2 atom stereocenters. The van der Waals surface area contributed by atoms with Crippen LogP contribution >= 0.6 is 0 Å². The molecular weight excluding hydrogens is 867 g/mol. The Hall–Kier alpha value is -5.85. The Bertz CT molecular complexity index is 2490. The van der Waals surface area contributed by atoms with Gasteiger partial charge in [-0.3, -0.25) is 24.0 Å². The molecule has 2 aliphatic heterocycles. The first-order chi connectivity index (χ1) is 31.6. The van der Waals surface area contributed by atoms with E-state index in [1.807, 2.05) is 31.3 Å². The van der Waals surface area contributed by atoms with Crippen molar-refractivity contribution in [1.82, 2.24) is 25.0 Å². The summed E-state index contributed by atoms with van der Waals surface area (Å²) in [5, 5.41) is 15.6. The molecule has 0 aromatic heterocycles. The summed E-state index contributed by atoms with van der Waals surface area (Å²) in [6.45, 7) is 14.1. The van der Waals surface area contributed by atoms with E-state index in [9.17, 15) is 36.9 Å². The van der Waals surface area contributed by atoms with Gasteiger partial charge in [0.1, 0.15) is 30.5 Å². The summed E-state index contributed by atoms with van der Waals surface area (Å²) in [7, 11) is -3.00. The molecule has 5 rings (SSSR count). The number of benzene rings is 3. The van der Waals surface area contributed by atoms with E-state index in [1.54, 1.807) is 9.80 Å². The van der Waals surface area contributed by atoms with E-state index >= 15 is 0 Å². The first-order valence-corrected chi connectivity index (χ1v) is 24.7. The summed E-state index contributed by atoms with van der Waals surface area (Å²) in [5.74, 6) is -3.40. The zero-order valence-corrected chi connectivity index (χ0v) is 39.7. The number of quaternary nitrogens is 1. The van der Waals surface area contributed by atoms with Gasteiger partial charge in [-0.1, -0.05) is 18.2 Å². The van der Waals surface area contributed by atoms with Gasteiger partial charge in [-0.2, -0.15) is 0 Å². The van der Waals surface area contributed by atoms with Gasteiger partial charge in [0.05, 0.1) is 48.6 Å². The highest BCUT2D eigenvalue weighted by atomic mass is 32.2. The molecule has 358 valence electrons. The van der Waals surface area contributed by atoms with Crippen LogP contribution in [0.2, 0.25) is 0 Å². The average molecular weight is 933 g/mol. The van der Waals surface area contributed by atoms with Crippen molar-refractivity contribution in [3.63, 3.8) is 0 Å². The number of nitrogens with one attached hydrogen (secondary N) is 3. The minimum Gasteiger partial charge on any atom is -0.748 e. The largest absolute Gasteiger partial charge is 0.748 e. The number of likely N-dealkylation sites (N-methyl/N-ethyl adjacent to an activating group) is 1. The SMILES string of the molecule is CCN(CC)c1ccc2c(-c3ccccc3C(=O)N3CCN(C(=O)CCC(=O)NC(CS(=O)(=O)[O-])C(=O)NCC[NH+](C)CCCCCC(=O)O)CC3)c3ccc(=[N+](CC)CC)cc-3oc2c1. The van der Waals surface area contributed by atoms with E-state index in [0.29, 0.717) is 29.9 Å². The van der Waals surface area contributed by atoms with Crippen LogP contribution in [0.1, 0.15) is 76.6 Å². The summed E-state index contributed by atoms with van der Waals surface area (Å²) in [6, 6.07) is 18.3. The van der Waals surface area contributed by atoms with Crippen LogP contribution in [0.15, 0.2) is 65.1 Å². The number of nitrogens with zero attached hydrogens (tertiary/aromatic N) is 4. The lowest BCUT2D eigenvalue weighted by atomic mass is 9.90. The van der Waals surface area contributed by atoms with Crippen molar-refractivity contribution in [3.8, 4) is 22.5 Å². The summed E-state index contributed by atoms with van der Waals surface area (Å²) >= 11 is 0. The number of aliphatic carboxylic acids is 1. The summed E-state index contributed by atoms with van der Waals surface area (Å²) in [4.78, 5) is 70.9. The predicted octanol–water partition coefficient (Wildman–Crippen LogP) is 2.23. The van der Waals surface area contributed by atoms with Gasteiger partial charge in [-0.15, -0.1) is 0 Å². The minimum absolute atomic E-state index is 0.107. The van der Waals surface area contributed by atoms with E-state index in [-0.39, 0.29) is 63.8 Å². The van der Waals surface area contributed by atoms with Crippen LogP contribution in [0.3, 0.4) is 0 Å². The monoisotopic (exact) mass is 932 g/mol. The van der Waals surface area contributed by atoms with Crippen molar-refractivity contribution in [2.75, 3.05) is 89.7 Å². The molecule has 0 bridgehead atoms. The van der Waals surface area contributed by atoms with Crippen molar-refractivity contribution in [2.24, 2.45) is 0 Å². The van der Waals surface area contributed by atoms with Crippen molar-refractivity contribution in [2.45, 2.75) is 72.3 Å². The number of piperazine rings is 1. The minimum atomic E-state index is -4.90. The lowest BCUT2D eigenvalue weighted by molar-refractivity contribution is -0.878. The quantitative estimate of drug-likeness (QED) is 0.0366. The number of fused-ring (bicyclic) bond motifs is 2. The van der Waals surface area contributed by atoms with Gasteiger partial charge in [0.25, 0.3) is 5.91 Å². The molecule has 18 heteroatoms. The third kappa shape index (κ3) is 13.8. The molecule has 4 amide bonds. The van der Waals surface area contributed by atoms with Gasteiger partial charge in [0, 0.05) is 98.4 Å². The van der Waals surface area contributed by atoms with Crippen molar-refractivity contribution in [1.29, 1.82) is 0 Å². The molecule has 2 aromatic carbocycles. The topological polar surface area (TPSA) is 217 Å². The lowest BCUT2D eigenvalue weighted by Crippen LogP contribution is -3.09. The second-order valence-electron chi connectivity index (χ2n) is 16.7. The number of carboxylic acids is 1. The number of hydrogen-bond acceptors (Lipinski definition) is 10. The van der Waals surface area contributed by atoms with E-state index in [4.69, 9.17) is 9.52 Å². The van der Waals surface area contributed by atoms with E-state index in [1.165, 1.54) is 0 Å². The predicted molar refractivity (Wildman–Crippen MR) is 252 cm³/mol. The van der Waals surface area contributed by atoms with Crippen molar-refractivity contribution in [3.05, 3.63) is 71.6 Å². The van der Waals surface area contributed by atoms with Crippen LogP contribution in [-0.4, -0.2) is 148 Å². The van der Waals surface area contributed by atoms with E-state index in [0.717, 1.165) is 83.6 Å². The number of rotatable bonds is 23. The normalized spacial score (nSPS) is 13.9. The number of hydrogen-bond donors (Lipinski definition) is 4. The van der Waals surface area contributed by atoms with Crippen LogP contribution in [0.5, 0.6) is 0 Å². The number of carbonyl (C=O) groups excluding carboxylic acids is 4. The molecule has 2 unspecified atom stereocenters. The molecule has 66 heavy (non-hydrogen) atoms. The van der Waals surface area contributed by atoms with Gasteiger partial charge >= 0.3 is 5.97 Å². The summed E-state index contributed by atoms with van der Waals surface area (Å²) in [5.41, 5.74) is 4.78. The van der Waals surface area contributed by atoms with Crippen molar-refractivity contribution < 1.29 is 51.4 Å². The third-order valence-electron chi connectivity index (χ3n) is 12.2. The van der Waals surface area contributed by atoms with Crippen LogP contribution in [0.25, 0.3) is 33.4 Å². The second-order valence-corrected chi connectivity index (χ2v) is 18.1. The first kappa shape index (κ1) is 51.1. The number of carboxylic acid groups (broad SMARTS) is 1. The Morgan fingerprint density at radius 2 is 1.55 bits per heavy atom. The highest BCUT2D eigenvalue weighted by Gasteiger charge is 2.30. The maximum absolute atomic E-state index is 14.5. The Balaban J connectivity index is 1.23. The zero-order valence-electron chi connectivity index (χ0n) is 38.9. The molecule has 1 aliphatic carbocycles. The van der Waals surface area contributed by atoms with Crippen LogP contribution < -0.4 is 30.4 Å².